The fraction of sp³-hybridized carbons (Fsp3) is 0.0278. The Kier molecular flexibility index (Phi) is 3.87. The zero-order valence-electron chi connectivity index (χ0n) is 21.3. The first kappa shape index (κ1) is 21.0. The molecule has 0 spiro atoms. The Bertz CT molecular complexity index is 2500. The van der Waals surface area contributed by atoms with Gasteiger partial charge in [-0.2, -0.15) is 4.58 Å². The molecule has 0 N–H and O–H groups in total. The van der Waals surface area contributed by atoms with Crippen LogP contribution in [0.2, 0.25) is 0 Å². The normalized spacial score (nSPS) is 16.4. The summed E-state index contributed by atoms with van der Waals surface area (Å²) < 4.78 is 14.3. The largest absolute Gasteiger partial charge is 0.454 e. The molecule has 186 valence electrons. The second kappa shape index (κ2) is 7.38. The lowest BCUT2D eigenvalue weighted by molar-refractivity contribution is 0.667. The number of thiophene rings is 1. The van der Waals surface area contributed by atoms with Crippen LogP contribution in [-0.4, -0.2) is 10.3 Å². The van der Waals surface area contributed by atoms with Gasteiger partial charge in [0, 0.05) is 55.2 Å². The molecule has 1 aliphatic carbocycles. The zero-order valence-corrected chi connectivity index (χ0v) is 22.2. The van der Waals surface area contributed by atoms with E-state index in [0.717, 1.165) is 21.9 Å². The van der Waals surface area contributed by atoms with Crippen LogP contribution in [0.3, 0.4) is 0 Å². The molecule has 1 unspecified atom stereocenters. The summed E-state index contributed by atoms with van der Waals surface area (Å²) in [5.74, 6) is 0. The maximum Gasteiger partial charge on any atom is 0.236 e. The molecule has 0 bridgehead atoms. The number of furan rings is 1. The van der Waals surface area contributed by atoms with Crippen LogP contribution in [0.4, 0.5) is 11.4 Å². The third-order valence-corrected chi connectivity index (χ3v) is 9.89. The minimum Gasteiger partial charge on any atom is -0.454 e. The van der Waals surface area contributed by atoms with Crippen molar-refractivity contribution >= 4 is 92.3 Å². The molecule has 0 amide bonds. The summed E-state index contributed by atoms with van der Waals surface area (Å²) in [6.07, 6.45) is 8.95. The average Bonchev–Trinajstić information content (AvgIpc) is 3.68. The average molecular weight is 530 g/mol. The minimum atomic E-state index is 0.0448. The summed E-state index contributed by atoms with van der Waals surface area (Å²) in [5, 5.41) is 7.44. The fourth-order valence-corrected chi connectivity index (χ4v) is 8.27. The molecule has 1 aliphatic heterocycles. The van der Waals surface area contributed by atoms with Gasteiger partial charge in [0.05, 0.1) is 5.52 Å². The number of rotatable bonds is 1. The molecule has 3 aromatic heterocycles. The van der Waals surface area contributed by atoms with Crippen molar-refractivity contribution in [1.82, 2.24) is 9.14 Å². The van der Waals surface area contributed by atoms with Crippen molar-refractivity contribution in [3.05, 3.63) is 121 Å². The second-order valence-corrected chi connectivity index (χ2v) is 11.7. The fourth-order valence-electron chi connectivity index (χ4n) is 7.07. The molecule has 10 rings (SSSR count). The molecule has 3 nitrogen and oxygen atoms in total. The van der Waals surface area contributed by atoms with E-state index in [2.05, 4.69) is 124 Å². The van der Waals surface area contributed by atoms with Crippen LogP contribution in [0.5, 0.6) is 0 Å². The molecular formula is C36H21N2OS+. The van der Waals surface area contributed by atoms with E-state index in [0.29, 0.717) is 0 Å². The Morgan fingerprint density at radius 3 is 2.33 bits per heavy atom. The van der Waals surface area contributed by atoms with Crippen molar-refractivity contribution < 1.29 is 4.42 Å². The van der Waals surface area contributed by atoms with Crippen molar-refractivity contribution in [3.8, 4) is 0 Å². The van der Waals surface area contributed by atoms with E-state index >= 15 is 0 Å². The molecular weight excluding hydrogens is 508 g/mol. The van der Waals surface area contributed by atoms with Gasteiger partial charge in [0.25, 0.3) is 0 Å². The predicted molar refractivity (Wildman–Crippen MR) is 170 cm³/mol. The maximum atomic E-state index is 6.60. The SMILES string of the molecule is C1=CC2=[N+](c3cccc4c3sc3ccccc34)c3cccc4c5ccc6c7ccccc7oc6c5n(c34)C2C=C1. The number of aromatic nitrogens is 1. The summed E-state index contributed by atoms with van der Waals surface area (Å²) >= 11 is 1.88. The van der Waals surface area contributed by atoms with Gasteiger partial charge in [-0.05, 0) is 18.2 Å². The number of benzene rings is 5. The quantitative estimate of drug-likeness (QED) is 0.194. The van der Waals surface area contributed by atoms with Crippen LogP contribution in [0.1, 0.15) is 6.04 Å². The van der Waals surface area contributed by atoms with Gasteiger partial charge in [-0.1, -0.05) is 85.0 Å². The van der Waals surface area contributed by atoms with Gasteiger partial charge >= 0.3 is 0 Å². The highest BCUT2D eigenvalue weighted by molar-refractivity contribution is 7.26. The van der Waals surface area contributed by atoms with Gasteiger partial charge in [-0.3, -0.25) is 0 Å². The standard InChI is InChI=1S/C36H21N2OS/c1-5-17-31-21(9-1)25-20-19-24-23-11-7-15-29-33(23)38(34(24)35(25)39-31)28-14-4-3-13-27(28)37(29)30-16-8-12-26-22-10-2-6-18-32(22)40-36(26)30/h1-20,28H/q+1. The third-order valence-electron chi connectivity index (χ3n) is 8.68. The molecule has 4 heterocycles. The van der Waals surface area contributed by atoms with Crippen LogP contribution in [-0.2, 0) is 0 Å². The molecule has 5 aromatic carbocycles. The molecule has 0 saturated heterocycles. The molecule has 2 aliphatic rings. The van der Waals surface area contributed by atoms with Crippen molar-refractivity contribution in [3.63, 3.8) is 0 Å². The van der Waals surface area contributed by atoms with E-state index in [4.69, 9.17) is 4.42 Å². The highest BCUT2D eigenvalue weighted by Gasteiger charge is 2.39. The number of hydrogen-bond acceptors (Lipinski definition) is 2. The number of allylic oxidation sites excluding steroid dienone is 4. The molecule has 0 fully saturated rings. The molecule has 0 saturated carbocycles. The number of para-hydroxylation sites is 2. The maximum absolute atomic E-state index is 6.60. The molecule has 8 aromatic rings. The van der Waals surface area contributed by atoms with Crippen molar-refractivity contribution in [1.29, 1.82) is 0 Å². The monoisotopic (exact) mass is 529 g/mol. The van der Waals surface area contributed by atoms with Crippen molar-refractivity contribution in [2.45, 2.75) is 6.04 Å². The molecule has 0 radical (unpaired) electrons. The first-order valence-electron chi connectivity index (χ1n) is 13.7. The smallest absolute Gasteiger partial charge is 0.236 e. The first-order chi connectivity index (χ1) is 19.9. The summed E-state index contributed by atoms with van der Waals surface area (Å²) in [7, 11) is 0. The van der Waals surface area contributed by atoms with E-state index in [9.17, 15) is 0 Å². The number of fused-ring (bicyclic) bond motifs is 12. The lowest BCUT2D eigenvalue weighted by Crippen LogP contribution is -2.30. The van der Waals surface area contributed by atoms with Crippen LogP contribution in [0.25, 0.3) is 63.9 Å². The summed E-state index contributed by atoms with van der Waals surface area (Å²) in [6, 6.07) is 35.1. The van der Waals surface area contributed by atoms with Gasteiger partial charge < -0.3 is 8.98 Å². The highest BCUT2D eigenvalue weighted by atomic mass is 32.1. The lowest BCUT2D eigenvalue weighted by atomic mass is 10.0. The molecule has 4 heteroatoms. The van der Waals surface area contributed by atoms with Gasteiger partial charge in [0.15, 0.2) is 5.58 Å². The van der Waals surface area contributed by atoms with Crippen LogP contribution in [0, 0.1) is 0 Å². The van der Waals surface area contributed by atoms with E-state index in [-0.39, 0.29) is 6.04 Å². The Hall–Kier alpha value is -4.93. The van der Waals surface area contributed by atoms with Gasteiger partial charge in [-0.25, -0.2) is 0 Å². The number of hydrogen-bond donors (Lipinski definition) is 0. The van der Waals surface area contributed by atoms with Crippen LogP contribution in [0.15, 0.2) is 126 Å². The van der Waals surface area contributed by atoms with E-state index in [1.807, 2.05) is 17.4 Å². The Morgan fingerprint density at radius 2 is 1.38 bits per heavy atom. The van der Waals surface area contributed by atoms with Crippen molar-refractivity contribution in [2.75, 3.05) is 0 Å². The molecule has 1 atom stereocenters. The Labute approximate surface area is 232 Å². The highest BCUT2D eigenvalue weighted by Crippen LogP contribution is 2.48. The summed E-state index contributed by atoms with van der Waals surface area (Å²) in [6.45, 7) is 0. The van der Waals surface area contributed by atoms with Crippen LogP contribution < -0.4 is 4.58 Å². The topological polar surface area (TPSA) is 21.1 Å². The van der Waals surface area contributed by atoms with Gasteiger partial charge in [0.2, 0.25) is 17.1 Å². The van der Waals surface area contributed by atoms with Gasteiger partial charge in [-0.15, -0.1) is 11.3 Å². The van der Waals surface area contributed by atoms with Gasteiger partial charge in [0.1, 0.15) is 21.8 Å². The third kappa shape index (κ3) is 2.48. The van der Waals surface area contributed by atoms with E-state index < -0.39 is 0 Å². The van der Waals surface area contributed by atoms with Crippen LogP contribution >= 0.6 is 11.3 Å². The number of nitrogens with zero attached hydrogens (tertiary/aromatic N) is 2. The predicted octanol–water partition coefficient (Wildman–Crippen LogP) is 10.0. The lowest BCUT2D eigenvalue weighted by Gasteiger charge is -2.24. The second-order valence-electron chi connectivity index (χ2n) is 10.7. The summed E-state index contributed by atoms with van der Waals surface area (Å²) in [5.41, 5.74) is 7.99. The Morgan fingerprint density at radius 1 is 0.625 bits per heavy atom. The van der Waals surface area contributed by atoms with Crippen molar-refractivity contribution in [2.24, 2.45) is 0 Å². The van der Waals surface area contributed by atoms with E-state index in [1.54, 1.807) is 0 Å². The summed E-state index contributed by atoms with van der Waals surface area (Å²) in [4.78, 5) is 0. The Balaban J connectivity index is 1.38. The van der Waals surface area contributed by atoms with E-state index in [1.165, 1.54) is 59.1 Å². The zero-order chi connectivity index (χ0) is 25.9. The first-order valence-corrected chi connectivity index (χ1v) is 14.5. The molecule has 40 heavy (non-hydrogen) atoms. The minimum absolute atomic E-state index is 0.0448.